The van der Waals surface area contributed by atoms with Gasteiger partial charge in [0, 0.05) is 5.69 Å². The van der Waals surface area contributed by atoms with Gasteiger partial charge in [0.15, 0.2) is 8.24 Å². The smallest absolute Gasteiger partial charge is 0.408 e. The zero-order valence-corrected chi connectivity index (χ0v) is 19.0. The fourth-order valence-electron chi connectivity index (χ4n) is 2.90. The van der Waals surface area contributed by atoms with E-state index in [-0.39, 0.29) is 11.1 Å². The van der Waals surface area contributed by atoms with Crippen LogP contribution in [0.2, 0.25) is 18.1 Å². The zero-order chi connectivity index (χ0) is 20.5. The Morgan fingerprint density at radius 3 is 2.11 bits per heavy atom. The second-order valence-electron chi connectivity index (χ2n) is 9.60. The molecule has 1 unspecified atom stereocenters. The number of nitrogens with one attached hydrogen (secondary N) is 1. The lowest BCUT2D eigenvalue weighted by molar-refractivity contribution is 0.0511. The van der Waals surface area contributed by atoms with E-state index in [9.17, 15) is 4.79 Å². The monoisotopic (exact) mass is 386 g/mol. The molecular weight excluding hydrogens is 352 g/mol. The molecule has 27 heavy (non-hydrogen) atoms. The average Bonchev–Trinajstić information content (AvgIpc) is 3.00. The molecule has 0 aliphatic rings. The Hall–Kier alpha value is -2.01. The molecule has 1 heterocycles. The van der Waals surface area contributed by atoms with Crippen LogP contribution < -0.4 is 5.32 Å². The molecule has 5 heteroatoms. The zero-order valence-electron chi connectivity index (χ0n) is 18.0. The van der Waals surface area contributed by atoms with E-state index in [1.807, 2.05) is 51.1 Å². The molecule has 0 aliphatic heterocycles. The lowest BCUT2D eigenvalue weighted by Crippen LogP contribution is -2.47. The summed E-state index contributed by atoms with van der Waals surface area (Å²) in [6.07, 6.45) is 1.75. The summed E-state index contributed by atoms with van der Waals surface area (Å²) in [5.41, 5.74) is 1.60. The number of hydrogen-bond acceptors (Lipinski definition) is 2. The maximum Gasteiger partial charge on any atom is 0.408 e. The molecule has 0 bridgehead atoms. The maximum absolute atomic E-state index is 12.6. The first kappa shape index (κ1) is 21.3. The van der Waals surface area contributed by atoms with E-state index in [4.69, 9.17) is 4.74 Å². The number of alkyl carbamates (subject to hydrolysis) is 1. The normalized spacial score (nSPS) is 13.9. The number of aromatic nitrogens is 1. The first-order valence-electron chi connectivity index (χ1n) is 9.55. The molecule has 148 valence electrons. The molecular formula is C22H34N2O2Si. The Kier molecular flexibility index (Phi) is 5.95. The van der Waals surface area contributed by atoms with Crippen molar-refractivity contribution < 1.29 is 9.53 Å². The number of carbonyl (C=O) groups excluding carboxylic acids is 1. The van der Waals surface area contributed by atoms with Crippen LogP contribution in [0.15, 0.2) is 48.7 Å². The van der Waals surface area contributed by atoms with Gasteiger partial charge in [-0.1, -0.05) is 64.2 Å². The molecule has 4 nitrogen and oxygen atoms in total. The summed E-state index contributed by atoms with van der Waals surface area (Å²) in [6, 6.07) is 14.0. The quantitative estimate of drug-likeness (QED) is 0.659. The van der Waals surface area contributed by atoms with Crippen LogP contribution in [0.25, 0.3) is 0 Å². The second kappa shape index (κ2) is 7.54. The first-order valence-corrected chi connectivity index (χ1v) is 12.5. The van der Waals surface area contributed by atoms with Gasteiger partial charge in [0.2, 0.25) is 0 Å². The van der Waals surface area contributed by atoms with Crippen molar-refractivity contribution >= 4 is 14.3 Å². The number of benzene rings is 1. The molecule has 0 spiro atoms. The first-order chi connectivity index (χ1) is 12.3. The van der Waals surface area contributed by atoms with Crippen LogP contribution in [0.5, 0.6) is 0 Å². The third-order valence-electron chi connectivity index (χ3n) is 5.31. The Morgan fingerprint density at radius 1 is 1.00 bits per heavy atom. The number of hydrogen-bond donors (Lipinski definition) is 1. The van der Waals surface area contributed by atoms with Gasteiger partial charge < -0.3 is 14.3 Å². The largest absolute Gasteiger partial charge is 0.444 e. The van der Waals surface area contributed by atoms with E-state index in [0.29, 0.717) is 0 Å². The summed E-state index contributed by atoms with van der Waals surface area (Å²) >= 11 is 0. The van der Waals surface area contributed by atoms with Gasteiger partial charge in [0.25, 0.3) is 0 Å². The van der Waals surface area contributed by atoms with E-state index in [0.717, 1.165) is 11.3 Å². The highest BCUT2D eigenvalue weighted by atomic mass is 28.3. The Morgan fingerprint density at radius 2 is 1.59 bits per heavy atom. The van der Waals surface area contributed by atoms with Gasteiger partial charge >= 0.3 is 6.09 Å². The van der Waals surface area contributed by atoms with Crippen molar-refractivity contribution in [3.05, 3.63) is 59.9 Å². The fraction of sp³-hybridized carbons (Fsp3) is 0.500. The highest BCUT2D eigenvalue weighted by Gasteiger charge is 2.39. The van der Waals surface area contributed by atoms with Crippen molar-refractivity contribution in [2.45, 2.75) is 71.3 Å². The molecule has 0 saturated heterocycles. The van der Waals surface area contributed by atoms with Crippen molar-refractivity contribution in [1.82, 2.24) is 9.55 Å². The van der Waals surface area contributed by atoms with Crippen molar-refractivity contribution in [3.8, 4) is 0 Å². The Bertz CT molecular complexity index is 768. The van der Waals surface area contributed by atoms with Gasteiger partial charge in [0.05, 0.1) is 6.04 Å². The van der Waals surface area contributed by atoms with Gasteiger partial charge in [-0.05, 0) is 49.7 Å². The number of carbonyl (C=O) groups is 1. The average molecular weight is 387 g/mol. The van der Waals surface area contributed by atoms with Crippen molar-refractivity contribution in [1.29, 1.82) is 0 Å². The summed E-state index contributed by atoms with van der Waals surface area (Å²) in [7, 11) is -1.84. The fourth-order valence-corrected chi connectivity index (χ4v) is 4.93. The molecule has 0 radical (unpaired) electrons. The van der Waals surface area contributed by atoms with Crippen LogP contribution in [-0.4, -0.2) is 24.2 Å². The van der Waals surface area contributed by atoms with Gasteiger partial charge in [-0.25, -0.2) is 4.79 Å². The minimum absolute atomic E-state index is 0.175. The van der Waals surface area contributed by atoms with Gasteiger partial charge in [-0.15, -0.1) is 0 Å². The third kappa shape index (κ3) is 5.04. The molecule has 1 aromatic carbocycles. The van der Waals surface area contributed by atoms with Gasteiger partial charge in [-0.2, -0.15) is 0 Å². The molecule has 0 fully saturated rings. The van der Waals surface area contributed by atoms with Crippen LogP contribution in [0, 0.1) is 0 Å². The molecule has 2 rings (SSSR count). The molecule has 0 aliphatic carbocycles. The molecule has 1 atom stereocenters. The number of amides is 1. The SMILES string of the molecule is CC(C)(C)OC(=O)NC(c1ccccc1)c1cccn1[Si](C)(C)C(C)(C)C. The van der Waals surface area contributed by atoms with Crippen LogP contribution in [0.3, 0.4) is 0 Å². The van der Waals surface area contributed by atoms with Crippen LogP contribution in [0.1, 0.15) is 58.8 Å². The Balaban J connectivity index is 2.48. The minimum atomic E-state index is -1.84. The topological polar surface area (TPSA) is 43.3 Å². The predicted molar refractivity (Wildman–Crippen MR) is 115 cm³/mol. The predicted octanol–water partition coefficient (Wildman–Crippen LogP) is 5.96. The van der Waals surface area contributed by atoms with Crippen molar-refractivity contribution in [2.75, 3.05) is 0 Å². The number of rotatable bonds is 4. The molecule has 1 aromatic heterocycles. The summed E-state index contributed by atoms with van der Waals surface area (Å²) < 4.78 is 7.94. The van der Waals surface area contributed by atoms with Crippen molar-refractivity contribution in [3.63, 3.8) is 0 Å². The lowest BCUT2D eigenvalue weighted by atomic mass is 10.0. The van der Waals surface area contributed by atoms with E-state index >= 15 is 0 Å². The standard InChI is InChI=1S/C22H34N2O2Si/c1-21(2,3)26-20(25)23-19(17-13-10-9-11-14-17)18-15-12-16-24(18)27(7,8)22(4,5)6/h9-16,19H,1-8H3,(H,23,25). The summed E-state index contributed by atoms with van der Waals surface area (Å²) in [4.78, 5) is 12.6. The van der Waals surface area contributed by atoms with Gasteiger partial charge in [0.1, 0.15) is 5.60 Å². The van der Waals surface area contributed by atoms with E-state index in [2.05, 4.69) is 61.7 Å². The van der Waals surface area contributed by atoms with Gasteiger partial charge in [-0.3, -0.25) is 0 Å². The molecule has 1 N–H and O–H groups in total. The molecule has 0 saturated carbocycles. The molecule has 1 amide bonds. The highest BCUT2D eigenvalue weighted by Crippen LogP contribution is 2.39. The summed E-state index contributed by atoms with van der Waals surface area (Å²) in [6.45, 7) is 17.2. The van der Waals surface area contributed by atoms with Crippen LogP contribution >= 0.6 is 0 Å². The Labute approximate surface area is 165 Å². The summed E-state index contributed by atoms with van der Waals surface area (Å²) in [5.74, 6) is 0. The van der Waals surface area contributed by atoms with Crippen molar-refractivity contribution in [2.24, 2.45) is 0 Å². The minimum Gasteiger partial charge on any atom is -0.444 e. The highest BCUT2D eigenvalue weighted by molar-refractivity contribution is 6.78. The second-order valence-corrected chi connectivity index (χ2v) is 14.7. The van der Waals surface area contributed by atoms with E-state index in [1.165, 1.54) is 0 Å². The summed E-state index contributed by atoms with van der Waals surface area (Å²) in [5, 5.41) is 3.27. The van der Waals surface area contributed by atoms with Crippen LogP contribution in [0.4, 0.5) is 4.79 Å². The van der Waals surface area contributed by atoms with Crippen LogP contribution in [-0.2, 0) is 4.74 Å². The molecule has 2 aromatic rings. The number of ether oxygens (including phenoxy) is 1. The third-order valence-corrected chi connectivity index (χ3v) is 10.6. The maximum atomic E-state index is 12.6. The van der Waals surface area contributed by atoms with E-state index in [1.54, 1.807) is 0 Å². The lowest BCUT2D eigenvalue weighted by Gasteiger charge is -2.40. The number of nitrogens with zero attached hydrogens (tertiary/aromatic N) is 1. The van der Waals surface area contributed by atoms with E-state index < -0.39 is 19.9 Å².